The van der Waals surface area contributed by atoms with Gasteiger partial charge in [-0.3, -0.25) is 9.59 Å². The predicted molar refractivity (Wildman–Crippen MR) is 61.9 cm³/mol. The first-order valence-corrected chi connectivity index (χ1v) is 5.68. The summed E-state index contributed by atoms with van der Waals surface area (Å²) >= 11 is 0. The van der Waals surface area contributed by atoms with E-state index < -0.39 is 5.97 Å². The van der Waals surface area contributed by atoms with Gasteiger partial charge >= 0.3 is 5.97 Å². The minimum Gasteiger partial charge on any atom is -0.481 e. The zero-order chi connectivity index (χ0) is 12.6. The fourth-order valence-corrected chi connectivity index (χ4v) is 1.40. The van der Waals surface area contributed by atoms with E-state index in [1.54, 1.807) is 6.92 Å². The summed E-state index contributed by atoms with van der Waals surface area (Å²) in [6.45, 7) is 4.32. The fraction of sp³-hybridized carbons (Fsp3) is 0.818. The molecule has 0 aromatic carbocycles. The minimum atomic E-state index is -0.741. The summed E-state index contributed by atoms with van der Waals surface area (Å²) in [5.74, 6) is -1.33. The maximum atomic E-state index is 10.6. The fourth-order valence-electron chi connectivity index (χ4n) is 1.40. The maximum absolute atomic E-state index is 10.6. The Morgan fingerprint density at radius 3 is 2.44 bits per heavy atom. The Labute approximate surface area is 96.4 Å². The third kappa shape index (κ3) is 8.23. The van der Waals surface area contributed by atoms with Crippen molar-refractivity contribution in [2.24, 2.45) is 11.7 Å². The van der Waals surface area contributed by atoms with E-state index in [2.05, 4.69) is 5.32 Å². The number of carboxylic acids is 1. The second kappa shape index (κ2) is 8.10. The molecule has 2 unspecified atom stereocenters. The van der Waals surface area contributed by atoms with Crippen LogP contribution in [0.3, 0.4) is 0 Å². The van der Waals surface area contributed by atoms with Gasteiger partial charge < -0.3 is 16.2 Å². The quantitative estimate of drug-likeness (QED) is 0.544. The van der Waals surface area contributed by atoms with Gasteiger partial charge in [0.1, 0.15) is 0 Å². The Kier molecular flexibility index (Phi) is 7.54. The van der Waals surface area contributed by atoms with Crippen LogP contribution < -0.4 is 11.1 Å². The molecule has 0 aromatic rings. The van der Waals surface area contributed by atoms with Crippen molar-refractivity contribution < 1.29 is 14.7 Å². The molecule has 4 N–H and O–H groups in total. The number of hydrogen-bond acceptors (Lipinski definition) is 3. The van der Waals surface area contributed by atoms with E-state index in [0.717, 1.165) is 12.8 Å². The van der Waals surface area contributed by atoms with Crippen molar-refractivity contribution in [2.75, 3.05) is 6.54 Å². The summed E-state index contributed by atoms with van der Waals surface area (Å²) in [7, 11) is 0. The van der Waals surface area contributed by atoms with E-state index in [4.69, 9.17) is 10.8 Å². The molecule has 16 heavy (non-hydrogen) atoms. The molecule has 0 aliphatic heterocycles. The first-order chi connectivity index (χ1) is 7.43. The van der Waals surface area contributed by atoms with Gasteiger partial charge in [0.2, 0.25) is 5.91 Å². The summed E-state index contributed by atoms with van der Waals surface area (Å²) in [6.07, 6.45) is 2.82. The standard InChI is InChI=1S/C11H22N2O3/c1-8(11(15)16)4-3-5-9(2)13-7-6-10(12)14/h8-9,13H,3-7H2,1-2H3,(H2,12,14)(H,15,16). The highest BCUT2D eigenvalue weighted by atomic mass is 16.4. The lowest BCUT2D eigenvalue weighted by molar-refractivity contribution is -0.141. The summed E-state index contributed by atoms with van der Waals surface area (Å²) in [6, 6.07) is 0.292. The molecule has 5 nitrogen and oxygen atoms in total. The van der Waals surface area contributed by atoms with Gasteiger partial charge in [0.15, 0.2) is 0 Å². The van der Waals surface area contributed by atoms with Gasteiger partial charge in [-0.25, -0.2) is 0 Å². The highest BCUT2D eigenvalue weighted by Crippen LogP contribution is 2.09. The van der Waals surface area contributed by atoms with Crippen LogP contribution in [0.4, 0.5) is 0 Å². The first kappa shape index (κ1) is 14.9. The van der Waals surface area contributed by atoms with Crippen molar-refractivity contribution in [2.45, 2.75) is 45.6 Å². The summed E-state index contributed by atoms with van der Waals surface area (Å²) in [5.41, 5.74) is 5.01. The second-order valence-corrected chi connectivity index (χ2v) is 4.24. The molecular weight excluding hydrogens is 208 g/mol. The third-order valence-electron chi connectivity index (χ3n) is 2.56. The SMILES string of the molecule is CC(CCCC(C)C(=O)O)NCCC(N)=O. The average molecular weight is 230 g/mol. The lowest BCUT2D eigenvalue weighted by Gasteiger charge is -2.13. The van der Waals surface area contributed by atoms with Crippen molar-refractivity contribution in [3.8, 4) is 0 Å². The monoisotopic (exact) mass is 230 g/mol. The lowest BCUT2D eigenvalue weighted by atomic mass is 10.0. The number of carbonyl (C=O) groups is 2. The van der Waals surface area contributed by atoms with Gasteiger partial charge in [-0.2, -0.15) is 0 Å². The summed E-state index contributed by atoms with van der Waals surface area (Å²) in [4.78, 5) is 21.0. The zero-order valence-corrected chi connectivity index (χ0v) is 10.0. The minimum absolute atomic E-state index is 0.280. The van der Waals surface area contributed by atoms with Crippen molar-refractivity contribution in [1.82, 2.24) is 5.32 Å². The Hall–Kier alpha value is -1.10. The third-order valence-corrected chi connectivity index (χ3v) is 2.56. The molecule has 0 aromatic heterocycles. The van der Waals surface area contributed by atoms with Gasteiger partial charge in [0.25, 0.3) is 0 Å². The van der Waals surface area contributed by atoms with Gasteiger partial charge in [0.05, 0.1) is 5.92 Å². The normalized spacial score (nSPS) is 14.4. The molecule has 5 heteroatoms. The number of primary amides is 1. The van der Waals surface area contributed by atoms with Crippen LogP contribution >= 0.6 is 0 Å². The molecule has 0 aliphatic rings. The van der Waals surface area contributed by atoms with Gasteiger partial charge in [0, 0.05) is 19.0 Å². The molecule has 0 saturated carbocycles. The predicted octanol–water partition coefficient (Wildman–Crippen LogP) is 0.731. The average Bonchev–Trinajstić information content (AvgIpc) is 2.16. The van der Waals surface area contributed by atoms with Crippen LogP contribution in [0.5, 0.6) is 0 Å². The molecule has 0 aliphatic carbocycles. The number of nitrogens with two attached hydrogens (primary N) is 1. The Morgan fingerprint density at radius 2 is 1.94 bits per heavy atom. The van der Waals surface area contributed by atoms with Crippen molar-refractivity contribution in [3.63, 3.8) is 0 Å². The van der Waals surface area contributed by atoms with Crippen LogP contribution in [0.2, 0.25) is 0 Å². The van der Waals surface area contributed by atoms with E-state index in [1.807, 2.05) is 6.92 Å². The molecule has 0 spiro atoms. The smallest absolute Gasteiger partial charge is 0.306 e. The van der Waals surface area contributed by atoms with E-state index in [1.165, 1.54) is 0 Å². The number of aliphatic carboxylic acids is 1. The van der Waals surface area contributed by atoms with Crippen LogP contribution in [0.1, 0.15) is 39.5 Å². The second-order valence-electron chi connectivity index (χ2n) is 4.24. The lowest BCUT2D eigenvalue weighted by Crippen LogP contribution is -2.29. The van der Waals surface area contributed by atoms with Crippen LogP contribution in [0, 0.1) is 5.92 Å². The molecule has 1 amide bonds. The molecular formula is C11H22N2O3. The van der Waals surface area contributed by atoms with Crippen LogP contribution in [0.15, 0.2) is 0 Å². The van der Waals surface area contributed by atoms with E-state index in [0.29, 0.717) is 25.4 Å². The number of carboxylic acid groups (broad SMARTS) is 1. The first-order valence-electron chi connectivity index (χ1n) is 5.68. The van der Waals surface area contributed by atoms with Crippen LogP contribution in [-0.2, 0) is 9.59 Å². The number of rotatable bonds is 9. The number of hydrogen-bond donors (Lipinski definition) is 3. The highest BCUT2D eigenvalue weighted by Gasteiger charge is 2.10. The number of carbonyl (C=O) groups excluding carboxylic acids is 1. The zero-order valence-electron chi connectivity index (χ0n) is 10.0. The van der Waals surface area contributed by atoms with Gasteiger partial charge in [-0.1, -0.05) is 13.3 Å². The molecule has 0 saturated heterocycles. The molecule has 94 valence electrons. The van der Waals surface area contributed by atoms with Crippen molar-refractivity contribution >= 4 is 11.9 Å². The number of amides is 1. The van der Waals surface area contributed by atoms with Gasteiger partial charge in [-0.15, -0.1) is 0 Å². The molecule has 0 radical (unpaired) electrons. The molecule has 0 heterocycles. The number of nitrogens with one attached hydrogen (secondary N) is 1. The van der Waals surface area contributed by atoms with E-state index >= 15 is 0 Å². The topological polar surface area (TPSA) is 92.4 Å². The van der Waals surface area contributed by atoms with E-state index in [-0.39, 0.29) is 11.8 Å². The van der Waals surface area contributed by atoms with Crippen molar-refractivity contribution in [1.29, 1.82) is 0 Å². The molecule has 0 fully saturated rings. The molecule has 0 rings (SSSR count). The highest BCUT2D eigenvalue weighted by molar-refractivity contribution is 5.73. The van der Waals surface area contributed by atoms with Crippen molar-refractivity contribution in [3.05, 3.63) is 0 Å². The summed E-state index contributed by atoms with van der Waals surface area (Å²) in [5, 5.41) is 11.9. The van der Waals surface area contributed by atoms with Gasteiger partial charge in [-0.05, 0) is 19.8 Å². The largest absolute Gasteiger partial charge is 0.481 e. The Bertz CT molecular complexity index is 231. The Morgan fingerprint density at radius 1 is 1.31 bits per heavy atom. The summed E-state index contributed by atoms with van der Waals surface area (Å²) < 4.78 is 0. The van der Waals surface area contributed by atoms with E-state index in [9.17, 15) is 9.59 Å². The molecule has 0 bridgehead atoms. The molecule has 2 atom stereocenters. The maximum Gasteiger partial charge on any atom is 0.306 e. The van der Waals surface area contributed by atoms with Crippen LogP contribution in [-0.4, -0.2) is 29.6 Å². The Balaban J connectivity index is 3.47. The van der Waals surface area contributed by atoms with Crippen LogP contribution in [0.25, 0.3) is 0 Å².